The van der Waals surface area contributed by atoms with Gasteiger partial charge in [0.25, 0.3) is 0 Å². The van der Waals surface area contributed by atoms with Crippen molar-refractivity contribution in [3.05, 3.63) is 24.0 Å². The van der Waals surface area contributed by atoms with Crippen LogP contribution in [0, 0.1) is 6.92 Å². The third-order valence-corrected chi connectivity index (χ3v) is 4.41. The number of aromatic amines is 1. The second-order valence-corrected chi connectivity index (χ2v) is 6.37. The molecule has 0 aliphatic carbocycles. The minimum atomic E-state index is -3.42. The van der Waals surface area contributed by atoms with Gasteiger partial charge in [-0.25, -0.2) is 18.1 Å². The summed E-state index contributed by atoms with van der Waals surface area (Å²) in [5, 5.41) is 0. The Morgan fingerprint density at radius 2 is 2.11 bits per heavy atom. The summed E-state index contributed by atoms with van der Waals surface area (Å²) in [5.41, 5.74) is 1.52. The van der Waals surface area contributed by atoms with Crippen molar-refractivity contribution in [2.24, 2.45) is 0 Å². The summed E-state index contributed by atoms with van der Waals surface area (Å²) in [7, 11) is -3.42. The summed E-state index contributed by atoms with van der Waals surface area (Å²) >= 11 is 0. The molecule has 0 aliphatic heterocycles. The summed E-state index contributed by atoms with van der Waals surface area (Å²) < 4.78 is 26.8. The largest absolute Gasteiger partial charge is 0.342 e. The second kappa shape index (κ2) is 5.71. The highest BCUT2D eigenvalue weighted by molar-refractivity contribution is 7.89. The van der Waals surface area contributed by atoms with Crippen LogP contribution < -0.4 is 4.72 Å². The maximum absolute atomic E-state index is 12.1. The number of sulfonamides is 1. The second-order valence-electron chi connectivity index (χ2n) is 4.61. The smallest absolute Gasteiger partial charge is 0.240 e. The number of unbranched alkanes of at least 4 members (excludes halogenated alkanes) is 2. The number of nitrogens with zero attached hydrogens (tertiary/aromatic N) is 1. The summed E-state index contributed by atoms with van der Waals surface area (Å²) in [6, 6.07) is 4.93. The zero-order valence-electron chi connectivity index (χ0n) is 11.2. The third-order valence-electron chi connectivity index (χ3n) is 2.95. The fraction of sp³-hybridized carbons (Fsp3) is 0.462. The number of rotatable bonds is 6. The minimum Gasteiger partial charge on any atom is -0.342 e. The molecule has 2 aromatic rings. The minimum absolute atomic E-state index is 0.278. The van der Waals surface area contributed by atoms with Crippen molar-refractivity contribution in [3.63, 3.8) is 0 Å². The SMILES string of the molecule is CCCCCNS(=O)(=O)c1ccc2nc(C)[nH]c2c1. The molecule has 0 spiro atoms. The summed E-state index contributed by atoms with van der Waals surface area (Å²) in [4.78, 5) is 7.57. The standard InChI is InChI=1S/C13H19N3O2S/c1-3-4-5-8-14-19(17,18)11-6-7-12-13(9-11)16-10(2)15-12/h6-7,9,14H,3-5,8H2,1-2H3,(H,15,16). The normalized spacial score (nSPS) is 12.1. The van der Waals surface area contributed by atoms with Crippen LogP contribution in [-0.2, 0) is 10.0 Å². The molecule has 1 aromatic heterocycles. The van der Waals surface area contributed by atoms with E-state index in [0.29, 0.717) is 6.54 Å². The first-order valence-electron chi connectivity index (χ1n) is 6.49. The molecule has 0 unspecified atom stereocenters. The topological polar surface area (TPSA) is 74.8 Å². The van der Waals surface area contributed by atoms with E-state index in [0.717, 1.165) is 36.1 Å². The average Bonchev–Trinajstić information content (AvgIpc) is 2.73. The number of fused-ring (bicyclic) bond motifs is 1. The predicted octanol–water partition coefficient (Wildman–Crippen LogP) is 2.34. The number of benzene rings is 1. The van der Waals surface area contributed by atoms with Crippen LogP contribution in [0.4, 0.5) is 0 Å². The average molecular weight is 281 g/mol. The molecule has 0 aliphatic rings. The van der Waals surface area contributed by atoms with Crippen LogP contribution in [0.1, 0.15) is 32.0 Å². The zero-order chi connectivity index (χ0) is 13.9. The van der Waals surface area contributed by atoms with Crippen molar-refractivity contribution in [1.82, 2.24) is 14.7 Å². The Morgan fingerprint density at radius 3 is 2.84 bits per heavy atom. The monoisotopic (exact) mass is 281 g/mol. The lowest BCUT2D eigenvalue weighted by atomic mass is 10.3. The van der Waals surface area contributed by atoms with Gasteiger partial charge < -0.3 is 4.98 Å². The lowest BCUT2D eigenvalue weighted by Crippen LogP contribution is -2.24. The van der Waals surface area contributed by atoms with Gasteiger partial charge in [-0.05, 0) is 31.5 Å². The third kappa shape index (κ3) is 3.33. The Hall–Kier alpha value is -1.40. The molecular formula is C13H19N3O2S. The van der Waals surface area contributed by atoms with Gasteiger partial charge in [0.15, 0.2) is 0 Å². The Kier molecular flexibility index (Phi) is 4.21. The molecule has 19 heavy (non-hydrogen) atoms. The fourth-order valence-electron chi connectivity index (χ4n) is 1.95. The van der Waals surface area contributed by atoms with Crippen molar-refractivity contribution >= 4 is 21.1 Å². The Bertz CT molecular complexity index is 662. The highest BCUT2D eigenvalue weighted by atomic mass is 32.2. The lowest BCUT2D eigenvalue weighted by molar-refractivity contribution is 0.576. The van der Waals surface area contributed by atoms with Crippen molar-refractivity contribution in [3.8, 4) is 0 Å². The first-order valence-corrected chi connectivity index (χ1v) is 7.97. The molecule has 1 heterocycles. The van der Waals surface area contributed by atoms with E-state index in [1.165, 1.54) is 0 Å². The van der Waals surface area contributed by atoms with Crippen LogP contribution in [-0.4, -0.2) is 24.9 Å². The predicted molar refractivity (Wildman–Crippen MR) is 75.5 cm³/mol. The van der Waals surface area contributed by atoms with E-state index in [-0.39, 0.29) is 4.90 Å². The molecule has 0 saturated carbocycles. The van der Waals surface area contributed by atoms with E-state index in [2.05, 4.69) is 21.6 Å². The van der Waals surface area contributed by atoms with Gasteiger partial charge in [0.1, 0.15) is 5.82 Å². The van der Waals surface area contributed by atoms with Crippen molar-refractivity contribution in [2.75, 3.05) is 6.54 Å². The number of hydrogen-bond acceptors (Lipinski definition) is 3. The number of imidazole rings is 1. The summed E-state index contributed by atoms with van der Waals surface area (Å²) in [5.74, 6) is 0.778. The van der Waals surface area contributed by atoms with E-state index in [4.69, 9.17) is 0 Å². The molecule has 0 atom stereocenters. The highest BCUT2D eigenvalue weighted by Gasteiger charge is 2.14. The first-order chi connectivity index (χ1) is 9.03. The van der Waals surface area contributed by atoms with Crippen molar-refractivity contribution < 1.29 is 8.42 Å². The molecule has 0 radical (unpaired) electrons. The molecule has 0 amide bonds. The number of hydrogen-bond donors (Lipinski definition) is 2. The van der Waals surface area contributed by atoms with Gasteiger partial charge >= 0.3 is 0 Å². The highest BCUT2D eigenvalue weighted by Crippen LogP contribution is 2.17. The van der Waals surface area contributed by atoms with Gasteiger partial charge in [-0.1, -0.05) is 19.8 Å². The Balaban J connectivity index is 2.17. The van der Waals surface area contributed by atoms with E-state index in [1.54, 1.807) is 18.2 Å². The molecule has 0 saturated heterocycles. The van der Waals surface area contributed by atoms with Crippen LogP contribution >= 0.6 is 0 Å². The summed E-state index contributed by atoms with van der Waals surface area (Å²) in [6.07, 6.45) is 2.96. The Morgan fingerprint density at radius 1 is 1.32 bits per heavy atom. The molecular weight excluding hydrogens is 262 g/mol. The molecule has 5 nitrogen and oxygen atoms in total. The van der Waals surface area contributed by atoms with Crippen LogP contribution in [0.25, 0.3) is 11.0 Å². The maximum Gasteiger partial charge on any atom is 0.240 e. The number of aryl methyl sites for hydroxylation is 1. The molecule has 0 fully saturated rings. The fourth-order valence-corrected chi connectivity index (χ4v) is 3.05. The molecule has 0 bridgehead atoms. The Labute approximate surface area is 113 Å². The van der Waals surface area contributed by atoms with Crippen molar-refractivity contribution in [1.29, 1.82) is 0 Å². The van der Waals surface area contributed by atoms with Gasteiger partial charge in [0.05, 0.1) is 15.9 Å². The van der Waals surface area contributed by atoms with Gasteiger partial charge in [-0.3, -0.25) is 0 Å². The molecule has 2 N–H and O–H groups in total. The van der Waals surface area contributed by atoms with E-state index in [9.17, 15) is 8.42 Å². The van der Waals surface area contributed by atoms with Crippen LogP contribution in [0.3, 0.4) is 0 Å². The molecule has 6 heteroatoms. The van der Waals surface area contributed by atoms with E-state index in [1.807, 2.05) is 6.92 Å². The van der Waals surface area contributed by atoms with E-state index >= 15 is 0 Å². The van der Waals surface area contributed by atoms with Crippen LogP contribution in [0.2, 0.25) is 0 Å². The summed E-state index contributed by atoms with van der Waals surface area (Å²) in [6.45, 7) is 4.41. The van der Waals surface area contributed by atoms with Crippen LogP contribution in [0.15, 0.2) is 23.1 Å². The lowest BCUT2D eigenvalue weighted by Gasteiger charge is -2.06. The maximum atomic E-state index is 12.1. The van der Waals surface area contributed by atoms with E-state index < -0.39 is 10.0 Å². The number of aromatic nitrogens is 2. The molecule has 2 rings (SSSR count). The van der Waals surface area contributed by atoms with Gasteiger partial charge in [0.2, 0.25) is 10.0 Å². The molecule has 104 valence electrons. The van der Waals surface area contributed by atoms with Gasteiger partial charge in [0, 0.05) is 6.54 Å². The quantitative estimate of drug-likeness (QED) is 0.798. The zero-order valence-corrected chi connectivity index (χ0v) is 12.0. The van der Waals surface area contributed by atoms with Crippen LogP contribution in [0.5, 0.6) is 0 Å². The van der Waals surface area contributed by atoms with Crippen molar-refractivity contribution in [2.45, 2.75) is 38.0 Å². The molecule has 1 aromatic carbocycles. The number of H-pyrrole nitrogens is 1. The van der Waals surface area contributed by atoms with Gasteiger partial charge in [-0.15, -0.1) is 0 Å². The number of nitrogens with one attached hydrogen (secondary N) is 2. The first kappa shape index (κ1) is 14.0. The van der Waals surface area contributed by atoms with Gasteiger partial charge in [-0.2, -0.15) is 0 Å².